The summed E-state index contributed by atoms with van der Waals surface area (Å²) in [5.41, 5.74) is 0.963. The molecule has 1 atom stereocenters. The van der Waals surface area contributed by atoms with Crippen molar-refractivity contribution in [1.82, 2.24) is 15.1 Å². The Kier molecular flexibility index (Phi) is 2.37. The highest BCUT2D eigenvalue weighted by molar-refractivity contribution is 5.18. The largest absolute Gasteiger partial charge is 0.467 e. The van der Waals surface area contributed by atoms with Crippen LogP contribution in [0, 0.1) is 0 Å². The minimum atomic E-state index is 0.0335. The quantitative estimate of drug-likeness (QED) is 0.795. The number of aryl methyl sites for hydroxylation is 1. The lowest BCUT2D eigenvalue weighted by Gasteiger charge is -2.09. The predicted octanol–water partition coefficient (Wildman–Crippen LogP) is 1.32. The van der Waals surface area contributed by atoms with Gasteiger partial charge in [0.05, 0.1) is 12.0 Å². The van der Waals surface area contributed by atoms with Crippen molar-refractivity contribution in [2.75, 3.05) is 7.05 Å². The second-order valence-electron chi connectivity index (χ2n) is 3.15. The van der Waals surface area contributed by atoms with Crippen molar-refractivity contribution in [1.29, 1.82) is 0 Å². The van der Waals surface area contributed by atoms with Gasteiger partial charge in [-0.15, -0.1) is 0 Å². The van der Waals surface area contributed by atoms with E-state index in [1.807, 2.05) is 38.5 Å². The molecule has 1 N–H and O–H groups in total. The van der Waals surface area contributed by atoms with Crippen LogP contribution in [0.25, 0.3) is 0 Å². The molecule has 0 saturated heterocycles. The number of nitrogens with zero attached hydrogens (tertiary/aromatic N) is 2. The van der Waals surface area contributed by atoms with E-state index in [1.165, 1.54) is 0 Å². The van der Waals surface area contributed by atoms with Crippen molar-refractivity contribution < 1.29 is 4.42 Å². The summed E-state index contributed by atoms with van der Waals surface area (Å²) in [6.07, 6.45) is 3.59. The van der Waals surface area contributed by atoms with Gasteiger partial charge in [-0.2, -0.15) is 5.10 Å². The zero-order valence-corrected chi connectivity index (χ0v) is 8.27. The molecule has 4 nitrogen and oxygen atoms in total. The van der Waals surface area contributed by atoms with Gasteiger partial charge in [0.25, 0.3) is 0 Å². The molecule has 0 aliphatic rings. The van der Waals surface area contributed by atoms with Gasteiger partial charge < -0.3 is 9.73 Å². The van der Waals surface area contributed by atoms with Gasteiger partial charge in [-0.05, 0) is 25.2 Å². The van der Waals surface area contributed by atoms with Crippen LogP contribution in [0.15, 0.2) is 35.1 Å². The van der Waals surface area contributed by atoms with Crippen LogP contribution < -0.4 is 5.32 Å². The maximum Gasteiger partial charge on any atom is 0.126 e. The van der Waals surface area contributed by atoms with Crippen LogP contribution in [0.1, 0.15) is 17.5 Å². The van der Waals surface area contributed by atoms with E-state index in [9.17, 15) is 0 Å². The lowest BCUT2D eigenvalue weighted by Crippen LogP contribution is -2.17. The minimum Gasteiger partial charge on any atom is -0.467 e. The Labute approximate surface area is 82.5 Å². The molecule has 74 valence electrons. The molecule has 0 aromatic carbocycles. The first kappa shape index (κ1) is 9.02. The first-order chi connectivity index (χ1) is 6.81. The molecule has 0 spiro atoms. The molecule has 0 aliphatic carbocycles. The Morgan fingerprint density at radius 3 is 2.86 bits per heavy atom. The number of rotatable bonds is 3. The molecule has 2 rings (SSSR count). The molecule has 0 amide bonds. The van der Waals surface area contributed by atoms with Crippen molar-refractivity contribution in [2.24, 2.45) is 7.05 Å². The average Bonchev–Trinajstić information content (AvgIpc) is 2.79. The molecule has 0 bridgehead atoms. The van der Waals surface area contributed by atoms with Crippen molar-refractivity contribution in [3.63, 3.8) is 0 Å². The van der Waals surface area contributed by atoms with Crippen molar-refractivity contribution in [3.05, 3.63) is 42.1 Å². The molecule has 2 aromatic heterocycles. The van der Waals surface area contributed by atoms with Crippen LogP contribution in [-0.4, -0.2) is 16.8 Å². The maximum absolute atomic E-state index is 5.34. The molecule has 2 aromatic rings. The lowest BCUT2D eigenvalue weighted by atomic mass is 10.1. The summed E-state index contributed by atoms with van der Waals surface area (Å²) in [5, 5.41) is 7.50. The minimum absolute atomic E-state index is 0.0335. The highest BCUT2D eigenvalue weighted by atomic mass is 16.3. The van der Waals surface area contributed by atoms with E-state index >= 15 is 0 Å². The second kappa shape index (κ2) is 3.67. The Morgan fingerprint density at radius 1 is 1.50 bits per heavy atom. The van der Waals surface area contributed by atoms with Gasteiger partial charge in [0, 0.05) is 13.2 Å². The third kappa shape index (κ3) is 1.56. The van der Waals surface area contributed by atoms with E-state index in [-0.39, 0.29) is 6.04 Å². The summed E-state index contributed by atoms with van der Waals surface area (Å²) < 4.78 is 7.12. The standard InChI is InChI=1S/C10H13N3O/c1-11-10(9-4-3-7-14-9)8-5-6-13(2)12-8/h3-7,10-11H,1-2H3. The topological polar surface area (TPSA) is 43.0 Å². The molecule has 1 unspecified atom stereocenters. The number of furan rings is 1. The molecular weight excluding hydrogens is 178 g/mol. The highest BCUT2D eigenvalue weighted by Gasteiger charge is 2.16. The summed E-state index contributed by atoms with van der Waals surface area (Å²) in [6.45, 7) is 0. The van der Waals surface area contributed by atoms with Crippen LogP contribution in [0.2, 0.25) is 0 Å². The molecule has 0 fully saturated rings. The molecule has 2 heterocycles. The summed E-state index contributed by atoms with van der Waals surface area (Å²) in [7, 11) is 3.79. The van der Waals surface area contributed by atoms with Gasteiger partial charge >= 0.3 is 0 Å². The second-order valence-corrected chi connectivity index (χ2v) is 3.15. The molecule has 0 aliphatic heterocycles. The molecule has 0 radical (unpaired) electrons. The smallest absolute Gasteiger partial charge is 0.126 e. The predicted molar refractivity (Wildman–Crippen MR) is 52.8 cm³/mol. The van der Waals surface area contributed by atoms with Gasteiger partial charge in [-0.3, -0.25) is 4.68 Å². The van der Waals surface area contributed by atoms with Crippen LogP contribution in [0.3, 0.4) is 0 Å². The van der Waals surface area contributed by atoms with E-state index in [4.69, 9.17) is 4.42 Å². The normalized spacial score (nSPS) is 13.0. The molecule has 14 heavy (non-hydrogen) atoms. The van der Waals surface area contributed by atoms with Crippen molar-refractivity contribution in [3.8, 4) is 0 Å². The fraction of sp³-hybridized carbons (Fsp3) is 0.300. The van der Waals surface area contributed by atoms with E-state index in [0.29, 0.717) is 0 Å². The SMILES string of the molecule is CNC(c1ccn(C)n1)c1ccco1. The lowest BCUT2D eigenvalue weighted by molar-refractivity contribution is 0.456. The molecule has 0 saturated carbocycles. The number of aromatic nitrogens is 2. The maximum atomic E-state index is 5.34. The van der Waals surface area contributed by atoms with Gasteiger partial charge in [-0.1, -0.05) is 0 Å². The third-order valence-corrected chi connectivity index (χ3v) is 2.15. The monoisotopic (exact) mass is 191 g/mol. The number of nitrogens with one attached hydrogen (secondary N) is 1. The van der Waals surface area contributed by atoms with Crippen molar-refractivity contribution in [2.45, 2.75) is 6.04 Å². The fourth-order valence-electron chi connectivity index (χ4n) is 1.48. The first-order valence-electron chi connectivity index (χ1n) is 4.51. The zero-order valence-electron chi connectivity index (χ0n) is 8.27. The van der Waals surface area contributed by atoms with Crippen LogP contribution in [0.5, 0.6) is 0 Å². The average molecular weight is 191 g/mol. The van der Waals surface area contributed by atoms with E-state index < -0.39 is 0 Å². The molecular formula is C10H13N3O. The van der Waals surface area contributed by atoms with Gasteiger partial charge in [0.15, 0.2) is 0 Å². The van der Waals surface area contributed by atoms with Crippen LogP contribution in [0.4, 0.5) is 0 Å². The first-order valence-corrected chi connectivity index (χ1v) is 4.51. The fourth-order valence-corrected chi connectivity index (χ4v) is 1.48. The zero-order chi connectivity index (χ0) is 9.97. The Bertz CT molecular complexity index is 391. The van der Waals surface area contributed by atoms with Crippen molar-refractivity contribution >= 4 is 0 Å². The Balaban J connectivity index is 2.31. The van der Waals surface area contributed by atoms with Crippen LogP contribution in [-0.2, 0) is 7.05 Å². The summed E-state index contributed by atoms with van der Waals surface area (Å²) in [6, 6.07) is 5.83. The van der Waals surface area contributed by atoms with E-state index in [1.54, 1.807) is 10.9 Å². The number of hydrogen-bond donors (Lipinski definition) is 1. The summed E-state index contributed by atoms with van der Waals surface area (Å²) >= 11 is 0. The van der Waals surface area contributed by atoms with E-state index in [2.05, 4.69) is 10.4 Å². The van der Waals surface area contributed by atoms with Gasteiger partial charge in [-0.25, -0.2) is 0 Å². The summed E-state index contributed by atoms with van der Waals surface area (Å²) in [5.74, 6) is 0.881. The summed E-state index contributed by atoms with van der Waals surface area (Å²) in [4.78, 5) is 0. The van der Waals surface area contributed by atoms with Gasteiger partial charge in [0.2, 0.25) is 0 Å². The molecule has 4 heteroatoms. The van der Waals surface area contributed by atoms with Gasteiger partial charge in [0.1, 0.15) is 11.8 Å². The Hall–Kier alpha value is -1.55. The number of hydrogen-bond acceptors (Lipinski definition) is 3. The van der Waals surface area contributed by atoms with Crippen LogP contribution >= 0.6 is 0 Å². The Morgan fingerprint density at radius 2 is 2.36 bits per heavy atom. The van der Waals surface area contributed by atoms with E-state index in [0.717, 1.165) is 11.5 Å². The third-order valence-electron chi connectivity index (χ3n) is 2.15. The highest BCUT2D eigenvalue weighted by Crippen LogP contribution is 2.19.